The second-order valence-electron chi connectivity index (χ2n) is 7.38. The quantitative estimate of drug-likeness (QED) is 0.580. The van der Waals surface area contributed by atoms with Gasteiger partial charge in [-0.15, -0.1) is 5.10 Å². The molecule has 31 heavy (non-hydrogen) atoms. The van der Waals surface area contributed by atoms with Crippen LogP contribution in [0.4, 0.5) is 4.39 Å². The van der Waals surface area contributed by atoms with Gasteiger partial charge in [0.1, 0.15) is 18.2 Å². The number of tetrazole rings is 1. The van der Waals surface area contributed by atoms with Gasteiger partial charge >= 0.3 is 0 Å². The van der Waals surface area contributed by atoms with Crippen molar-refractivity contribution in [1.29, 1.82) is 0 Å². The SMILES string of the molecule is CCn1nnnc1COc1ccc(C(=O)N2CCN(Cc3ccccc3F)CC2)cc1. The number of hydrogen-bond donors (Lipinski definition) is 0. The zero-order chi connectivity index (χ0) is 21.6. The van der Waals surface area contributed by atoms with E-state index in [0.717, 1.165) is 0 Å². The maximum absolute atomic E-state index is 13.9. The largest absolute Gasteiger partial charge is 0.486 e. The van der Waals surface area contributed by atoms with Gasteiger partial charge < -0.3 is 9.64 Å². The molecular weight excluding hydrogens is 399 g/mol. The first-order valence-electron chi connectivity index (χ1n) is 10.4. The van der Waals surface area contributed by atoms with Crippen molar-refractivity contribution in [2.75, 3.05) is 26.2 Å². The molecule has 1 amide bonds. The van der Waals surface area contributed by atoms with Crippen molar-refractivity contribution >= 4 is 5.91 Å². The molecule has 1 aromatic heterocycles. The topological polar surface area (TPSA) is 76.4 Å². The third-order valence-electron chi connectivity index (χ3n) is 5.39. The van der Waals surface area contributed by atoms with Crippen LogP contribution in [0.2, 0.25) is 0 Å². The number of amides is 1. The molecule has 4 rings (SSSR count). The average molecular weight is 424 g/mol. The summed E-state index contributed by atoms with van der Waals surface area (Å²) in [6.07, 6.45) is 0. The van der Waals surface area contributed by atoms with Gasteiger partial charge in [-0.2, -0.15) is 0 Å². The van der Waals surface area contributed by atoms with Gasteiger partial charge in [0.15, 0.2) is 5.82 Å². The molecule has 1 fully saturated rings. The molecule has 9 heteroatoms. The van der Waals surface area contributed by atoms with Gasteiger partial charge in [-0.25, -0.2) is 9.07 Å². The van der Waals surface area contributed by atoms with Gasteiger partial charge in [0.2, 0.25) is 0 Å². The van der Waals surface area contributed by atoms with Crippen LogP contribution >= 0.6 is 0 Å². The molecule has 0 bridgehead atoms. The first-order chi connectivity index (χ1) is 15.1. The van der Waals surface area contributed by atoms with Crippen LogP contribution in [0.3, 0.4) is 0 Å². The van der Waals surface area contributed by atoms with Crippen molar-refractivity contribution in [3.63, 3.8) is 0 Å². The van der Waals surface area contributed by atoms with Crippen molar-refractivity contribution in [1.82, 2.24) is 30.0 Å². The van der Waals surface area contributed by atoms with Crippen LogP contribution in [0.25, 0.3) is 0 Å². The van der Waals surface area contributed by atoms with Crippen molar-refractivity contribution < 1.29 is 13.9 Å². The van der Waals surface area contributed by atoms with E-state index in [4.69, 9.17) is 4.74 Å². The highest BCUT2D eigenvalue weighted by molar-refractivity contribution is 5.94. The third-order valence-corrected chi connectivity index (χ3v) is 5.39. The molecule has 8 nitrogen and oxygen atoms in total. The number of hydrogen-bond acceptors (Lipinski definition) is 6. The molecule has 2 heterocycles. The Bertz CT molecular complexity index is 1010. The van der Waals surface area contributed by atoms with Crippen LogP contribution in [0, 0.1) is 5.82 Å². The van der Waals surface area contributed by atoms with Crippen LogP contribution in [0.5, 0.6) is 5.75 Å². The van der Waals surface area contributed by atoms with E-state index in [2.05, 4.69) is 20.4 Å². The predicted molar refractivity (Wildman–Crippen MR) is 112 cm³/mol. The van der Waals surface area contributed by atoms with Crippen LogP contribution < -0.4 is 4.74 Å². The zero-order valence-corrected chi connectivity index (χ0v) is 17.4. The summed E-state index contributed by atoms with van der Waals surface area (Å²) in [6, 6.07) is 13.9. The second kappa shape index (κ2) is 9.65. The number of rotatable bonds is 7. The van der Waals surface area contributed by atoms with Crippen LogP contribution in [-0.4, -0.2) is 62.1 Å². The number of carbonyl (C=O) groups is 1. The van der Waals surface area contributed by atoms with Gasteiger partial charge in [-0.1, -0.05) is 18.2 Å². The number of carbonyl (C=O) groups excluding carboxylic acids is 1. The Kier molecular flexibility index (Phi) is 6.51. The first kappa shape index (κ1) is 20.9. The summed E-state index contributed by atoms with van der Waals surface area (Å²) >= 11 is 0. The molecule has 0 spiro atoms. The number of aromatic nitrogens is 4. The highest BCUT2D eigenvalue weighted by atomic mass is 19.1. The Morgan fingerprint density at radius 2 is 1.81 bits per heavy atom. The summed E-state index contributed by atoms with van der Waals surface area (Å²) in [7, 11) is 0. The lowest BCUT2D eigenvalue weighted by Crippen LogP contribution is -2.48. The lowest BCUT2D eigenvalue weighted by Gasteiger charge is -2.34. The second-order valence-corrected chi connectivity index (χ2v) is 7.38. The Balaban J connectivity index is 1.28. The molecule has 0 aliphatic carbocycles. The first-order valence-corrected chi connectivity index (χ1v) is 10.4. The maximum atomic E-state index is 13.9. The molecular formula is C22H25FN6O2. The number of aryl methyl sites for hydroxylation is 1. The predicted octanol–water partition coefficient (Wildman–Crippen LogP) is 2.37. The van der Waals surface area contributed by atoms with Crippen LogP contribution in [0.1, 0.15) is 28.7 Å². The molecule has 0 atom stereocenters. The minimum absolute atomic E-state index is 0.00739. The number of ether oxygens (including phenoxy) is 1. The molecule has 0 radical (unpaired) electrons. The number of piperazine rings is 1. The van der Waals surface area contributed by atoms with Crippen molar-refractivity contribution in [3.05, 3.63) is 71.3 Å². The van der Waals surface area contributed by atoms with E-state index in [9.17, 15) is 9.18 Å². The number of nitrogens with zero attached hydrogens (tertiary/aromatic N) is 6. The van der Waals surface area contributed by atoms with E-state index >= 15 is 0 Å². The maximum Gasteiger partial charge on any atom is 0.253 e. The van der Waals surface area contributed by atoms with E-state index in [1.165, 1.54) is 6.07 Å². The molecule has 0 N–H and O–H groups in total. The van der Waals surface area contributed by atoms with Gasteiger partial charge in [0.05, 0.1) is 0 Å². The van der Waals surface area contributed by atoms with Crippen LogP contribution in [-0.2, 0) is 19.7 Å². The Morgan fingerprint density at radius 1 is 1.06 bits per heavy atom. The van der Waals surface area contributed by atoms with E-state index < -0.39 is 0 Å². The summed E-state index contributed by atoms with van der Waals surface area (Å²) in [4.78, 5) is 16.8. The monoisotopic (exact) mass is 424 g/mol. The number of halogens is 1. The fourth-order valence-corrected chi connectivity index (χ4v) is 3.57. The summed E-state index contributed by atoms with van der Waals surface area (Å²) in [6.45, 7) is 6.12. The highest BCUT2D eigenvalue weighted by Gasteiger charge is 2.22. The molecule has 1 aliphatic rings. The van der Waals surface area contributed by atoms with Crippen molar-refractivity contribution in [2.45, 2.75) is 26.6 Å². The van der Waals surface area contributed by atoms with Gasteiger partial charge in [0, 0.05) is 50.4 Å². The molecule has 0 unspecified atom stereocenters. The smallest absolute Gasteiger partial charge is 0.253 e. The van der Waals surface area contributed by atoms with Gasteiger partial charge in [0.25, 0.3) is 5.91 Å². The van der Waals surface area contributed by atoms with Crippen molar-refractivity contribution in [3.8, 4) is 5.75 Å². The molecule has 0 saturated carbocycles. The van der Waals surface area contributed by atoms with E-state index in [-0.39, 0.29) is 18.3 Å². The molecule has 2 aromatic carbocycles. The zero-order valence-electron chi connectivity index (χ0n) is 17.4. The number of benzene rings is 2. The average Bonchev–Trinajstić information content (AvgIpc) is 3.27. The summed E-state index contributed by atoms with van der Waals surface area (Å²) in [5.74, 6) is 1.11. The Morgan fingerprint density at radius 3 is 2.52 bits per heavy atom. The Labute approximate surface area is 180 Å². The molecule has 1 aliphatic heterocycles. The van der Waals surface area contributed by atoms with Crippen molar-refractivity contribution in [2.24, 2.45) is 0 Å². The third kappa shape index (κ3) is 5.05. The molecule has 3 aromatic rings. The lowest BCUT2D eigenvalue weighted by molar-refractivity contribution is 0.0627. The fraction of sp³-hybridized carbons (Fsp3) is 0.364. The minimum atomic E-state index is -0.186. The van der Waals surface area contributed by atoms with Gasteiger partial charge in [-0.05, 0) is 47.7 Å². The normalized spacial score (nSPS) is 14.6. The van der Waals surface area contributed by atoms with E-state index in [1.54, 1.807) is 41.1 Å². The summed E-state index contributed by atoms with van der Waals surface area (Å²) < 4.78 is 21.3. The van der Waals surface area contributed by atoms with Gasteiger partial charge in [-0.3, -0.25) is 9.69 Å². The highest BCUT2D eigenvalue weighted by Crippen LogP contribution is 2.17. The fourth-order valence-electron chi connectivity index (χ4n) is 3.57. The molecule has 162 valence electrons. The minimum Gasteiger partial charge on any atom is -0.486 e. The Hall–Kier alpha value is -3.33. The van der Waals surface area contributed by atoms with E-state index in [0.29, 0.717) is 62.0 Å². The standard InChI is InChI=1S/C22H25FN6O2/c1-2-29-21(24-25-26-29)16-31-19-9-7-17(8-10-19)22(30)28-13-11-27(12-14-28)15-18-5-3-4-6-20(18)23/h3-10H,2,11-16H2,1H3. The summed E-state index contributed by atoms with van der Waals surface area (Å²) in [5, 5.41) is 11.4. The van der Waals surface area contributed by atoms with E-state index in [1.807, 2.05) is 17.9 Å². The van der Waals surface area contributed by atoms with Crippen LogP contribution in [0.15, 0.2) is 48.5 Å². The lowest BCUT2D eigenvalue weighted by atomic mass is 10.1. The molecule has 1 saturated heterocycles. The summed E-state index contributed by atoms with van der Waals surface area (Å²) in [5.41, 5.74) is 1.30.